The van der Waals surface area contributed by atoms with Gasteiger partial charge in [0.15, 0.2) is 0 Å². The SMILES string of the molecule is C=C1CN(c2ccc(C(C)C(=O)O)cc2)C(=O)C1=C. The molecule has 1 fully saturated rings. The predicted octanol–water partition coefficient (Wildman–Crippen LogP) is 2.33. The molecule has 2 rings (SSSR count). The minimum Gasteiger partial charge on any atom is -0.481 e. The van der Waals surface area contributed by atoms with Crippen LogP contribution in [0.1, 0.15) is 18.4 Å². The topological polar surface area (TPSA) is 57.6 Å². The summed E-state index contributed by atoms with van der Waals surface area (Å²) < 4.78 is 0. The molecule has 1 aliphatic rings. The lowest BCUT2D eigenvalue weighted by molar-refractivity contribution is -0.138. The van der Waals surface area contributed by atoms with E-state index in [1.807, 2.05) is 0 Å². The zero-order valence-electron chi connectivity index (χ0n) is 10.7. The quantitative estimate of drug-likeness (QED) is 0.845. The van der Waals surface area contributed by atoms with Gasteiger partial charge in [0.1, 0.15) is 0 Å². The lowest BCUT2D eigenvalue weighted by atomic mass is 10.0. The van der Waals surface area contributed by atoms with Crippen LogP contribution < -0.4 is 4.90 Å². The van der Waals surface area contributed by atoms with Gasteiger partial charge in [-0.25, -0.2) is 0 Å². The number of nitrogens with zero attached hydrogens (tertiary/aromatic N) is 1. The standard InChI is InChI=1S/C15H15NO3/c1-9-8-16(14(17)10(9)2)13-6-4-12(5-7-13)11(3)15(18)19/h4-7,11H,1-2,8H2,3H3,(H,18,19). The third-order valence-corrected chi connectivity index (χ3v) is 3.35. The Balaban J connectivity index is 2.24. The number of carboxylic acids is 1. The number of anilines is 1. The highest BCUT2D eigenvalue weighted by molar-refractivity contribution is 6.12. The first-order chi connectivity index (χ1) is 8.91. The van der Waals surface area contributed by atoms with Crippen molar-refractivity contribution in [1.82, 2.24) is 0 Å². The minimum absolute atomic E-state index is 0.149. The lowest BCUT2D eigenvalue weighted by Gasteiger charge is -2.16. The van der Waals surface area contributed by atoms with Crippen molar-refractivity contribution >= 4 is 17.6 Å². The molecule has 0 saturated carbocycles. The molecule has 1 aromatic rings. The Morgan fingerprint density at radius 3 is 2.32 bits per heavy atom. The number of rotatable bonds is 3. The zero-order valence-corrected chi connectivity index (χ0v) is 10.7. The van der Waals surface area contributed by atoms with Crippen molar-refractivity contribution in [2.45, 2.75) is 12.8 Å². The molecule has 1 saturated heterocycles. The average Bonchev–Trinajstić information content (AvgIpc) is 2.66. The first kappa shape index (κ1) is 13.1. The lowest BCUT2D eigenvalue weighted by Crippen LogP contribution is -2.24. The second-order valence-corrected chi connectivity index (χ2v) is 4.62. The molecular weight excluding hydrogens is 242 g/mol. The fraction of sp³-hybridized carbons (Fsp3) is 0.200. The van der Waals surface area contributed by atoms with Crippen LogP contribution in [-0.2, 0) is 9.59 Å². The number of hydrogen-bond acceptors (Lipinski definition) is 2. The third kappa shape index (κ3) is 2.29. The molecule has 1 aliphatic heterocycles. The Kier molecular flexibility index (Phi) is 3.25. The number of carboxylic acid groups (broad SMARTS) is 1. The maximum Gasteiger partial charge on any atom is 0.310 e. The Bertz CT molecular complexity index is 572. The Hall–Kier alpha value is -2.36. The number of carbonyl (C=O) groups excluding carboxylic acids is 1. The van der Waals surface area contributed by atoms with Crippen molar-refractivity contribution in [2.24, 2.45) is 0 Å². The van der Waals surface area contributed by atoms with Gasteiger partial charge in [-0.05, 0) is 30.2 Å². The average molecular weight is 257 g/mol. The van der Waals surface area contributed by atoms with Gasteiger partial charge in [0.25, 0.3) is 5.91 Å². The van der Waals surface area contributed by atoms with Crippen molar-refractivity contribution < 1.29 is 14.7 Å². The summed E-state index contributed by atoms with van der Waals surface area (Å²) in [7, 11) is 0. The maximum atomic E-state index is 11.9. The Morgan fingerprint density at radius 2 is 1.89 bits per heavy atom. The molecule has 4 heteroatoms. The number of carbonyl (C=O) groups is 2. The van der Waals surface area contributed by atoms with Gasteiger partial charge in [-0.2, -0.15) is 0 Å². The first-order valence-corrected chi connectivity index (χ1v) is 5.93. The predicted molar refractivity (Wildman–Crippen MR) is 73.1 cm³/mol. The minimum atomic E-state index is -0.869. The van der Waals surface area contributed by atoms with Gasteiger partial charge >= 0.3 is 5.97 Å². The highest BCUT2D eigenvalue weighted by Gasteiger charge is 2.28. The molecule has 0 spiro atoms. The Labute approximate surface area is 111 Å². The fourth-order valence-corrected chi connectivity index (χ4v) is 1.97. The van der Waals surface area contributed by atoms with Crippen LogP contribution in [0.5, 0.6) is 0 Å². The summed E-state index contributed by atoms with van der Waals surface area (Å²) in [6.07, 6.45) is 0. The van der Waals surface area contributed by atoms with Crippen LogP contribution >= 0.6 is 0 Å². The molecule has 0 radical (unpaired) electrons. The molecule has 1 atom stereocenters. The summed E-state index contributed by atoms with van der Waals surface area (Å²) >= 11 is 0. The summed E-state index contributed by atoms with van der Waals surface area (Å²) in [6, 6.07) is 6.95. The number of hydrogen-bond donors (Lipinski definition) is 1. The molecule has 0 bridgehead atoms. The number of aliphatic carboxylic acids is 1. The van der Waals surface area contributed by atoms with Gasteiger partial charge in [-0.3, -0.25) is 9.59 Å². The van der Waals surface area contributed by atoms with Gasteiger partial charge in [0.05, 0.1) is 12.5 Å². The van der Waals surface area contributed by atoms with Crippen LogP contribution in [0.4, 0.5) is 5.69 Å². The zero-order chi connectivity index (χ0) is 14.2. The van der Waals surface area contributed by atoms with Crippen LogP contribution in [0.3, 0.4) is 0 Å². The maximum absolute atomic E-state index is 11.9. The monoisotopic (exact) mass is 257 g/mol. The normalized spacial score (nSPS) is 16.9. The van der Waals surface area contributed by atoms with Crippen LogP contribution in [0, 0.1) is 0 Å². The molecule has 1 N–H and O–H groups in total. The number of benzene rings is 1. The van der Waals surface area contributed by atoms with E-state index in [0.717, 1.165) is 5.69 Å². The van der Waals surface area contributed by atoms with Gasteiger partial charge < -0.3 is 10.0 Å². The molecule has 4 nitrogen and oxygen atoms in total. The molecule has 19 heavy (non-hydrogen) atoms. The van der Waals surface area contributed by atoms with Crippen molar-refractivity contribution in [3.63, 3.8) is 0 Å². The molecule has 1 unspecified atom stereocenters. The van der Waals surface area contributed by atoms with E-state index >= 15 is 0 Å². The number of amides is 1. The largest absolute Gasteiger partial charge is 0.481 e. The summed E-state index contributed by atoms with van der Waals surface area (Å²) in [5.41, 5.74) is 2.59. The van der Waals surface area contributed by atoms with E-state index < -0.39 is 11.9 Å². The third-order valence-electron chi connectivity index (χ3n) is 3.35. The van der Waals surface area contributed by atoms with Gasteiger partial charge in [0, 0.05) is 11.3 Å². The van der Waals surface area contributed by atoms with E-state index in [1.54, 1.807) is 36.1 Å². The second kappa shape index (κ2) is 4.72. The van der Waals surface area contributed by atoms with Crippen LogP contribution in [-0.4, -0.2) is 23.5 Å². The van der Waals surface area contributed by atoms with Crippen LogP contribution in [0.2, 0.25) is 0 Å². The molecule has 98 valence electrons. The van der Waals surface area contributed by atoms with Crippen LogP contribution in [0.25, 0.3) is 0 Å². The molecule has 1 aromatic carbocycles. The van der Waals surface area contributed by atoms with Crippen molar-refractivity contribution in [2.75, 3.05) is 11.4 Å². The molecule has 1 heterocycles. The highest BCUT2D eigenvalue weighted by atomic mass is 16.4. The van der Waals surface area contributed by atoms with Gasteiger partial charge in [-0.1, -0.05) is 25.3 Å². The summed E-state index contributed by atoms with van der Waals surface area (Å²) in [4.78, 5) is 24.4. The molecule has 0 aliphatic carbocycles. The van der Waals surface area contributed by atoms with E-state index in [0.29, 0.717) is 23.3 Å². The van der Waals surface area contributed by atoms with Crippen LogP contribution in [0.15, 0.2) is 48.6 Å². The Morgan fingerprint density at radius 1 is 1.32 bits per heavy atom. The molecular formula is C15H15NO3. The van der Waals surface area contributed by atoms with E-state index in [9.17, 15) is 9.59 Å². The van der Waals surface area contributed by atoms with Gasteiger partial charge in [0.2, 0.25) is 0 Å². The van der Waals surface area contributed by atoms with E-state index in [2.05, 4.69) is 13.2 Å². The molecule has 0 aromatic heterocycles. The van der Waals surface area contributed by atoms with Crippen molar-refractivity contribution in [3.05, 3.63) is 54.1 Å². The highest BCUT2D eigenvalue weighted by Crippen LogP contribution is 2.28. The second-order valence-electron chi connectivity index (χ2n) is 4.62. The summed E-state index contributed by atoms with van der Waals surface area (Å²) in [5, 5.41) is 8.94. The summed E-state index contributed by atoms with van der Waals surface area (Å²) in [6.45, 7) is 9.55. The smallest absolute Gasteiger partial charge is 0.310 e. The van der Waals surface area contributed by atoms with E-state index in [-0.39, 0.29) is 5.91 Å². The molecule has 1 amide bonds. The first-order valence-electron chi connectivity index (χ1n) is 5.93. The van der Waals surface area contributed by atoms with Crippen molar-refractivity contribution in [3.8, 4) is 0 Å². The summed E-state index contributed by atoms with van der Waals surface area (Å²) in [5.74, 6) is -1.58. The van der Waals surface area contributed by atoms with Gasteiger partial charge in [-0.15, -0.1) is 0 Å². The van der Waals surface area contributed by atoms with E-state index in [4.69, 9.17) is 5.11 Å². The fourth-order valence-electron chi connectivity index (χ4n) is 1.97. The van der Waals surface area contributed by atoms with Crippen molar-refractivity contribution in [1.29, 1.82) is 0 Å². The van der Waals surface area contributed by atoms with E-state index in [1.165, 1.54) is 0 Å².